The molecule has 1 N–H and O–H groups in total. The summed E-state index contributed by atoms with van der Waals surface area (Å²) in [5, 5.41) is 8.09. The molecule has 118 valence electrons. The first kappa shape index (κ1) is 16.6. The smallest absolute Gasteiger partial charge is 0.245 e. The molecule has 0 aliphatic heterocycles. The van der Waals surface area contributed by atoms with Crippen LogP contribution in [-0.2, 0) is 4.79 Å². The maximum Gasteiger partial charge on any atom is 0.245 e. The fourth-order valence-corrected chi connectivity index (χ4v) is 2.67. The molecule has 1 heterocycles. The van der Waals surface area contributed by atoms with Gasteiger partial charge in [0.25, 0.3) is 0 Å². The van der Waals surface area contributed by atoms with Crippen LogP contribution in [0.2, 0.25) is 5.02 Å². The zero-order valence-electron chi connectivity index (χ0n) is 13.4. The third-order valence-corrected chi connectivity index (χ3v) is 4.43. The molecule has 4 nitrogen and oxygen atoms in total. The van der Waals surface area contributed by atoms with Crippen LogP contribution in [-0.4, -0.2) is 15.7 Å². The topological polar surface area (TPSA) is 46.9 Å². The van der Waals surface area contributed by atoms with Gasteiger partial charge in [-0.05, 0) is 32.8 Å². The minimum atomic E-state index is -0.350. The van der Waals surface area contributed by atoms with Crippen LogP contribution in [0.4, 0.5) is 0 Å². The average Bonchev–Trinajstić information content (AvgIpc) is 2.76. The molecular weight excluding hydrogens is 298 g/mol. The van der Waals surface area contributed by atoms with Crippen LogP contribution in [0.1, 0.15) is 49.3 Å². The van der Waals surface area contributed by atoms with Gasteiger partial charge in [0.1, 0.15) is 6.04 Å². The Balaban J connectivity index is 2.17. The minimum Gasteiger partial charge on any atom is -0.348 e. The van der Waals surface area contributed by atoms with Crippen molar-refractivity contribution in [2.75, 3.05) is 0 Å². The zero-order chi connectivity index (χ0) is 16.3. The predicted molar refractivity (Wildman–Crippen MR) is 89.0 cm³/mol. The molecule has 1 amide bonds. The number of hydrogen-bond donors (Lipinski definition) is 1. The Labute approximate surface area is 136 Å². The van der Waals surface area contributed by atoms with Gasteiger partial charge in [0, 0.05) is 0 Å². The molecular formula is C17H22ClN3O. The Bertz CT molecular complexity index is 651. The summed E-state index contributed by atoms with van der Waals surface area (Å²) in [5.41, 5.74) is 2.66. The van der Waals surface area contributed by atoms with Crippen molar-refractivity contribution in [1.82, 2.24) is 15.1 Å². The predicted octanol–water partition coefficient (Wildman–Crippen LogP) is 3.98. The first-order valence-electron chi connectivity index (χ1n) is 7.52. The fourth-order valence-electron chi connectivity index (χ4n) is 2.55. The third kappa shape index (κ3) is 3.33. The van der Waals surface area contributed by atoms with Gasteiger partial charge >= 0.3 is 0 Å². The second kappa shape index (κ2) is 6.97. The standard InChI is InChI=1S/C17H22ClN3O/c1-5-15(21-13(4)16(18)12(3)20-21)17(22)19-11(2)14-9-7-6-8-10-14/h6-11,15H,5H2,1-4H3,(H,19,22). The molecule has 2 atom stereocenters. The van der Waals surface area contributed by atoms with E-state index in [-0.39, 0.29) is 18.0 Å². The molecule has 2 unspecified atom stereocenters. The second-order valence-electron chi connectivity index (χ2n) is 5.49. The lowest BCUT2D eigenvalue weighted by atomic mass is 10.1. The number of carbonyl (C=O) groups excluding carboxylic acids is 1. The van der Waals surface area contributed by atoms with Gasteiger partial charge in [-0.3, -0.25) is 9.48 Å². The number of hydrogen-bond acceptors (Lipinski definition) is 2. The Hall–Kier alpha value is -1.81. The number of benzene rings is 1. The van der Waals surface area contributed by atoms with Crippen molar-refractivity contribution >= 4 is 17.5 Å². The zero-order valence-corrected chi connectivity index (χ0v) is 14.2. The first-order chi connectivity index (χ1) is 10.5. The van der Waals surface area contributed by atoms with E-state index in [4.69, 9.17) is 11.6 Å². The van der Waals surface area contributed by atoms with Gasteiger partial charge < -0.3 is 5.32 Å². The SMILES string of the molecule is CCC(C(=O)NC(C)c1ccccc1)n1nc(C)c(Cl)c1C. The summed E-state index contributed by atoms with van der Waals surface area (Å²) in [6.07, 6.45) is 0.658. The molecule has 1 aromatic heterocycles. The molecule has 0 saturated carbocycles. The monoisotopic (exact) mass is 319 g/mol. The Morgan fingerprint density at radius 1 is 1.32 bits per heavy atom. The largest absolute Gasteiger partial charge is 0.348 e. The van der Waals surface area contributed by atoms with Crippen LogP contribution >= 0.6 is 11.6 Å². The van der Waals surface area contributed by atoms with Crippen molar-refractivity contribution < 1.29 is 4.79 Å². The van der Waals surface area contributed by atoms with Crippen molar-refractivity contribution in [3.8, 4) is 0 Å². The third-order valence-electron chi connectivity index (χ3n) is 3.88. The summed E-state index contributed by atoms with van der Waals surface area (Å²) in [4.78, 5) is 12.6. The highest BCUT2D eigenvalue weighted by Gasteiger charge is 2.24. The van der Waals surface area contributed by atoms with E-state index < -0.39 is 0 Å². The average molecular weight is 320 g/mol. The van der Waals surface area contributed by atoms with Crippen LogP contribution in [0.5, 0.6) is 0 Å². The number of rotatable bonds is 5. The van der Waals surface area contributed by atoms with Crippen LogP contribution in [0, 0.1) is 13.8 Å². The van der Waals surface area contributed by atoms with Gasteiger partial charge in [-0.2, -0.15) is 5.10 Å². The van der Waals surface area contributed by atoms with Gasteiger partial charge in [0.05, 0.1) is 22.5 Å². The highest BCUT2D eigenvalue weighted by atomic mass is 35.5. The summed E-state index contributed by atoms with van der Waals surface area (Å²) in [7, 11) is 0. The number of aromatic nitrogens is 2. The summed E-state index contributed by atoms with van der Waals surface area (Å²) < 4.78 is 1.73. The van der Waals surface area contributed by atoms with Crippen molar-refractivity contribution in [3.63, 3.8) is 0 Å². The number of aryl methyl sites for hydroxylation is 1. The van der Waals surface area contributed by atoms with Crippen molar-refractivity contribution in [1.29, 1.82) is 0 Å². The van der Waals surface area contributed by atoms with E-state index in [1.165, 1.54) is 0 Å². The van der Waals surface area contributed by atoms with Gasteiger partial charge in [0.15, 0.2) is 0 Å². The first-order valence-corrected chi connectivity index (χ1v) is 7.90. The van der Waals surface area contributed by atoms with E-state index in [0.717, 1.165) is 17.0 Å². The maximum atomic E-state index is 12.6. The number of carbonyl (C=O) groups is 1. The lowest BCUT2D eigenvalue weighted by Gasteiger charge is -2.21. The van der Waals surface area contributed by atoms with E-state index in [1.54, 1.807) is 4.68 Å². The Morgan fingerprint density at radius 2 is 1.95 bits per heavy atom. The summed E-state index contributed by atoms with van der Waals surface area (Å²) in [6.45, 7) is 7.69. The summed E-state index contributed by atoms with van der Waals surface area (Å²) in [6, 6.07) is 9.52. The van der Waals surface area contributed by atoms with Crippen molar-refractivity contribution in [2.45, 2.75) is 46.2 Å². The van der Waals surface area contributed by atoms with Gasteiger partial charge in [-0.1, -0.05) is 48.9 Å². The quantitative estimate of drug-likeness (QED) is 0.906. The Kier molecular flexibility index (Phi) is 5.24. The molecule has 0 fully saturated rings. The van der Waals surface area contributed by atoms with Gasteiger partial charge in [-0.15, -0.1) is 0 Å². The van der Waals surface area contributed by atoms with Crippen molar-refractivity contribution in [3.05, 3.63) is 52.3 Å². The number of nitrogens with zero attached hydrogens (tertiary/aromatic N) is 2. The second-order valence-corrected chi connectivity index (χ2v) is 5.87. The number of amides is 1. The Morgan fingerprint density at radius 3 is 2.45 bits per heavy atom. The summed E-state index contributed by atoms with van der Waals surface area (Å²) >= 11 is 6.19. The number of nitrogens with one attached hydrogen (secondary N) is 1. The molecule has 2 aromatic rings. The van der Waals surface area contributed by atoms with Crippen LogP contribution < -0.4 is 5.32 Å². The molecule has 0 aliphatic rings. The van der Waals surface area contributed by atoms with Crippen LogP contribution in [0.15, 0.2) is 30.3 Å². The molecule has 22 heavy (non-hydrogen) atoms. The molecule has 2 rings (SSSR count). The highest BCUT2D eigenvalue weighted by molar-refractivity contribution is 6.31. The lowest BCUT2D eigenvalue weighted by Crippen LogP contribution is -2.35. The molecule has 0 aliphatic carbocycles. The van der Waals surface area contributed by atoms with E-state index in [1.807, 2.05) is 58.0 Å². The fraction of sp³-hybridized carbons (Fsp3) is 0.412. The van der Waals surface area contributed by atoms with Gasteiger partial charge in [-0.25, -0.2) is 0 Å². The molecule has 0 bridgehead atoms. The minimum absolute atomic E-state index is 0.0406. The number of halogens is 1. The van der Waals surface area contributed by atoms with Crippen molar-refractivity contribution in [2.24, 2.45) is 0 Å². The van der Waals surface area contributed by atoms with E-state index in [2.05, 4.69) is 10.4 Å². The van der Waals surface area contributed by atoms with E-state index in [9.17, 15) is 4.79 Å². The van der Waals surface area contributed by atoms with Crippen LogP contribution in [0.3, 0.4) is 0 Å². The molecule has 0 saturated heterocycles. The lowest BCUT2D eigenvalue weighted by molar-refractivity contribution is -0.125. The van der Waals surface area contributed by atoms with E-state index in [0.29, 0.717) is 11.4 Å². The maximum absolute atomic E-state index is 12.6. The highest BCUT2D eigenvalue weighted by Crippen LogP contribution is 2.24. The molecule has 0 spiro atoms. The summed E-state index contributed by atoms with van der Waals surface area (Å²) in [5.74, 6) is -0.0406. The molecule has 0 radical (unpaired) electrons. The van der Waals surface area contributed by atoms with Gasteiger partial charge in [0.2, 0.25) is 5.91 Å². The molecule has 5 heteroatoms. The molecule has 1 aromatic carbocycles. The van der Waals surface area contributed by atoms with Crippen LogP contribution in [0.25, 0.3) is 0 Å². The van der Waals surface area contributed by atoms with E-state index >= 15 is 0 Å². The normalized spacial score (nSPS) is 13.7.